The Bertz CT molecular complexity index is 1080. The normalized spacial score (nSPS) is 13.2. The van der Waals surface area contributed by atoms with Crippen molar-refractivity contribution < 1.29 is 17.9 Å². The van der Waals surface area contributed by atoms with Crippen molar-refractivity contribution in [3.05, 3.63) is 71.2 Å². The van der Waals surface area contributed by atoms with Crippen LogP contribution < -0.4 is 9.46 Å². The van der Waals surface area contributed by atoms with Crippen LogP contribution in [-0.4, -0.2) is 30.8 Å². The SMILES string of the molecule is O=C(COc1ccccc1)N1Cc2ccc(S(=O)(=O)Nc3nccs3)cc2C1. The fourth-order valence-electron chi connectivity index (χ4n) is 2.92. The highest BCUT2D eigenvalue weighted by atomic mass is 32.2. The van der Waals surface area contributed by atoms with Gasteiger partial charge >= 0.3 is 0 Å². The van der Waals surface area contributed by atoms with E-state index in [1.165, 1.54) is 17.5 Å². The fraction of sp³-hybridized carbons (Fsp3) is 0.158. The van der Waals surface area contributed by atoms with Gasteiger partial charge in [-0.25, -0.2) is 13.4 Å². The number of anilines is 1. The molecule has 0 radical (unpaired) electrons. The van der Waals surface area contributed by atoms with Crippen LogP contribution in [0.4, 0.5) is 5.13 Å². The van der Waals surface area contributed by atoms with Crippen molar-refractivity contribution in [2.24, 2.45) is 0 Å². The average molecular weight is 415 g/mol. The van der Waals surface area contributed by atoms with Gasteiger partial charge < -0.3 is 9.64 Å². The number of hydrogen-bond donors (Lipinski definition) is 1. The van der Waals surface area contributed by atoms with Gasteiger partial charge in [-0.1, -0.05) is 24.3 Å². The van der Waals surface area contributed by atoms with Crippen LogP contribution in [0.25, 0.3) is 0 Å². The molecular weight excluding hydrogens is 398 g/mol. The summed E-state index contributed by atoms with van der Waals surface area (Å²) in [4.78, 5) is 18.2. The molecule has 144 valence electrons. The second-order valence-corrected chi connectivity index (χ2v) is 8.80. The first kappa shape index (κ1) is 18.5. The summed E-state index contributed by atoms with van der Waals surface area (Å²) in [6.45, 7) is 0.730. The minimum atomic E-state index is -3.72. The lowest BCUT2D eigenvalue weighted by Gasteiger charge is -2.15. The zero-order chi connectivity index (χ0) is 19.6. The molecule has 2 aromatic carbocycles. The molecule has 0 saturated heterocycles. The van der Waals surface area contributed by atoms with Crippen LogP contribution in [0.2, 0.25) is 0 Å². The first-order chi connectivity index (χ1) is 13.5. The molecule has 1 N–H and O–H groups in total. The first-order valence-corrected chi connectivity index (χ1v) is 10.9. The highest BCUT2D eigenvalue weighted by molar-refractivity contribution is 7.93. The van der Waals surface area contributed by atoms with E-state index in [1.54, 1.807) is 40.6 Å². The van der Waals surface area contributed by atoms with Gasteiger partial charge in [0.05, 0.1) is 4.90 Å². The van der Waals surface area contributed by atoms with Gasteiger partial charge in [0, 0.05) is 24.7 Å². The number of thiazole rings is 1. The van der Waals surface area contributed by atoms with Crippen LogP contribution >= 0.6 is 11.3 Å². The van der Waals surface area contributed by atoms with Crippen molar-refractivity contribution in [3.8, 4) is 5.75 Å². The first-order valence-electron chi connectivity index (χ1n) is 8.51. The number of aromatic nitrogens is 1. The van der Waals surface area contributed by atoms with Gasteiger partial charge in [-0.2, -0.15) is 0 Å². The molecular formula is C19H17N3O4S2. The lowest BCUT2D eigenvalue weighted by atomic mass is 10.1. The monoisotopic (exact) mass is 415 g/mol. The third-order valence-corrected chi connectivity index (χ3v) is 6.48. The molecule has 1 amide bonds. The molecule has 1 aliphatic rings. The minimum Gasteiger partial charge on any atom is -0.484 e. The van der Waals surface area contributed by atoms with Crippen molar-refractivity contribution in [2.45, 2.75) is 18.0 Å². The van der Waals surface area contributed by atoms with Crippen LogP contribution in [0.1, 0.15) is 11.1 Å². The summed E-state index contributed by atoms with van der Waals surface area (Å²) in [5.41, 5.74) is 1.75. The van der Waals surface area contributed by atoms with E-state index in [1.807, 2.05) is 18.2 Å². The van der Waals surface area contributed by atoms with Crippen molar-refractivity contribution in [2.75, 3.05) is 11.3 Å². The Morgan fingerprint density at radius 3 is 2.68 bits per heavy atom. The van der Waals surface area contributed by atoms with Gasteiger partial charge in [0.25, 0.3) is 15.9 Å². The number of sulfonamides is 1. The summed E-state index contributed by atoms with van der Waals surface area (Å²) in [6, 6.07) is 14.0. The largest absolute Gasteiger partial charge is 0.484 e. The van der Waals surface area contributed by atoms with Crippen molar-refractivity contribution in [1.29, 1.82) is 0 Å². The van der Waals surface area contributed by atoms with Crippen LogP contribution in [0.3, 0.4) is 0 Å². The Morgan fingerprint density at radius 2 is 1.93 bits per heavy atom. The smallest absolute Gasteiger partial charge is 0.263 e. The van der Waals surface area contributed by atoms with E-state index in [0.717, 1.165) is 11.1 Å². The second-order valence-electron chi connectivity index (χ2n) is 6.22. The van der Waals surface area contributed by atoms with Crippen LogP contribution in [0, 0.1) is 0 Å². The van der Waals surface area contributed by atoms with Crippen molar-refractivity contribution in [1.82, 2.24) is 9.88 Å². The van der Waals surface area contributed by atoms with Gasteiger partial charge in [0.2, 0.25) is 0 Å². The Kier molecular flexibility index (Phi) is 5.01. The minimum absolute atomic E-state index is 0.0608. The molecule has 3 aromatic rings. The summed E-state index contributed by atoms with van der Waals surface area (Å²) in [6.07, 6.45) is 1.53. The van der Waals surface area contributed by atoms with Crippen LogP contribution in [-0.2, 0) is 27.9 Å². The number of nitrogens with one attached hydrogen (secondary N) is 1. The molecule has 0 unspecified atom stereocenters. The standard InChI is InChI=1S/C19H17N3O4S2/c23-18(13-26-16-4-2-1-3-5-16)22-11-14-6-7-17(10-15(14)12-22)28(24,25)21-19-20-8-9-27-19/h1-10H,11-13H2,(H,20,21). The Balaban J connectivity index is 1.43. The molecule has 28 heavy (non-hydrogen) atoms. The zero-order valence-corrected chi connectivity index (χ0v) is 16.4. The number of fused-ring (bicyclic) bond motifs is 1. The van der Waals surface area contributed by atoms with Crippen molar-refractivity contribution in [3.63, 3.8) is 0 Å². The summed E-state index contributed by atoms with van der Waals surface area (Å²) in [5, 5.41) is 2.01. The van der Waals surface area contributed by atoms with Crippen LogP contribution in [0.15, 0.2) is 65.0 Å². The number of nitrogens with zero attached hydrogens (tertiary/aromatic N) is 2. The third-order valence-electron chi connectivity index (χ3n) is 4.32. The second kappa shape index (κ2) is 7.61. The summed E-state index contributed by atoms with van der Waals surface area (Å²) in [5.74, 6) is 0.486. The fourth-order valence-corrected chi connectivity index (χ4v) is 4.75. The topological polar surface area (TPSA) is 88.6 Å². The summed E-state index contributed by atoms with van der Waals surface area (Å²) >= 11 is 1.21. The van der Waals surface area contributed by atoms with Gasteiger partial charge in [-0.3, -0.25) is 9.52 Å². The number of carbonyl (C=O) groups is 1. The zero-order valence-electron chi connectivity index (χ0n) is 14.7. The molecule has 7 nitrogen and oxygen atoms in total. The number of hydrogen-bond acceptors (Lipinski definition) is 6. The highest BCUT2D eigenvalue weighted by Gasteiger charge is 2.26. The van der Waals surface area contributed by atoms with E-state index in [0.29, 0.717) is 24.0 Å². The van der Waals surface area contributed by atoms with Gasteiger partial charge in [0.15, 0.2) is 11.7 Å². The van der Waals surface area contributed by atoms with Crippen molar-refractivity contribution >= 4 is 32.4 Å². The molecule has 0 spiro atoms. The molecule has 4 rings (SSSR count). The Hall–Kier alpha value is -2.91. The van der Waals surface area contributed by atoms with E-state index in [-0.39, 0.29) is 17.4 Å². The van der Waals surface area contributed by atoms with Gasteiger partial charge in [-0.15, -0.1) is 11.3 Å². The average Bonchev–Trinajstić information content (AvgIpc) is 3.35. The maximum absolute atomic E-state index is 12.5. The molecule has 2 heterocycles. The lowest BCUT2D eigenvalue weighted by molar-refractivity contribution is -0.134. The summed E-state index contributed by atoms with van der Waals surface area (Å²) in [7, 11) is -3.72. The Morgan fingerprint density at radius 1 is 1.14 bits per heavy atom. The predicted molar refractivity (Wildman–Crippen MR) is 106 cm³/mol. The van der Waals surface area contributed by atoms with E-state index < -0.39 is 10.0 Å². The van der Waals surface area contributed by atoms with Gasteiger partial charge in [-0.05, 0) is 35.4 Å². The maximum Gasteiger partial charge on any atom is 0.263 e. The molecule has 9 heteroatoms. The highest BCUT2D eigenvalue weighted by Crippen LogP contribution is 2.27. The molecule has 1 aromatic heterocycles. The summed E-state index contributed by atoms with van der Waals surface area (Å²) < 4.78 is 33.0. The van der Waals surface area contributed by atoms with E-state index in [2.05, 4.69) is 9.71 Å². The number of ether oxygens (including phenoxy) is 1. The molecule has 0 bridgehead atoms. The molecule has 0 aliphatic carbocycles. The quantitative estimate of drug-likeness (QED) is 0.669. The number of benzene rings is 2. The van der Waals surface area contributed by atoms with Crippen LogP contribution in [0.5, 0.6) is 5.75 Å². The van der Waals surface area contributed by atoms with Gasteiger partial charge in [0.1, 0.15) is 5.75 Å². The van der Waals surface area contributed by atoms with E-state index >= 15 is 0 Å². The molecule has 0 atom stereocenters. The predicted octanol–water partition coefficient (Wildman–Crippen LogP) is 2.87. The number of para-hydroxylation sites is 1. The third kappa shape index (κ3) is 4.00. The van der Waals surface area contributed by atoms with E-state index in [4.69, 9.17) is 4.74 Å². The Labute approximate surface area is 166 Å². The lowest BCUT2D eigenvalue weighted by Crippen LogP contribution is -2.30. The number of carbonyl (C=O) groups excluding carboxylic acids is 1. The molecule has 0 saturated carbocycles. The molecule has 1 aliphatic heterocycles. The number of rotatable bonds is 6. The molecule has 0 fully saturated rings. The van der Waals surface area contributed by atoms with E-state index in [9.17, 15) is 13.2 Å². The number of amides is 1. The maximum atomic E-state index is 12.5.